The monoisotopic (exact) mass is 311 g/mol. The Morgan fingerprint density at radius 2 is 2.10 bits per heavy atom. The SMILES string of the molecule is O=C1CC(CS(=O)(=O)F)CN1Cc1cc2ccccc2o1. The van der Waals surface area contributed by atoms with Crippen molar-refractivity contribution in [2.45, 2.75) is 13.0 Å². The van der Waals surface area contributed by atoms with Gasteiger partial charge in [-0.15, -0.1) is 3.89 Å². The van der Waals surface area contributed by atoms with E-state index in [-0.39, 0.29) is 25.4 Å². The molecule has 1 aliphatic heterocycles. The molecule has 1 aromatic carbocycles. The summed E-state index contributed by atoms with van der Waals surface area (Å²) < 4.78 is 39.6. The summed E-state index contributed by atoms with van der Waals surface area (Å²) >= 11 is 0. The van der Waals surface area contributed by atoms with E-state index in [1.807, 2.05) is 30.3 Å². The third kappa shape index (κ3) is 3.24. The largest absolute Gasteiger partial charge is 0.459 e. The fourth-order valence-corrected chi connectivity index (χ4v) is 3.49. The average Bonchev–Trinajstić information content (AvgIpc) is 2.91. The molecule has 5 nitrogen and oxygen atoms in total. The predicted octanol–water partition coefficient (Wildman–Crippen LogP) is 2.08. The van der Waals surface area contributed by atoms with Crippen LogP contribution in [0.3, 0.4) is 0 Å². The van der Waals surface area contributed by atoms with Gasteiger partial charge in [0.05, 0.1) is 12.3 Å². The Labute approximate surface area is 121 Å². The lowest BCUT2D eigenvalue weighted by atomic mass is 10.1. The van der Waals surface area contributed by atoms with E-state index in [1.54, 1.807) is 0 Å². The average molecular weight is 311 g/mol. The number of nitrogens with zero attached hydrogens (tertiary/aromatic N) is 1. The van der Waals surface area contributed by atoms with Crippen LogP contribution in [0, 0.1) is 5.92 Å². The zero-order valence-electron chi connectivity index (χ0n) is 11.2. The molecule has 2 aromatic rings. The van der Waals surface area contributed by atoms with E-state index in [0.717, 1.165) is 11.0 Å². The van der Waals surface area contributed by atoms with Gasteiger partial charge in [0.1, 0.15) is 11.3 Å². The highest BCUT2D eigenvalue weighted by atomic mass is 32.3. The minimum atomic E-state index is -4.55. The number of rotatable bonds is 4. The first-order valence-electron chi connectivity index (χ1n) is 6.58. The molecule has 1 fully saturated rings. The van der Waals surface area contributed by atoms with Gasteiger partial charge in [0.15, 0.2) is 0 Å². The Balaban J connectivity index is 1.71. The van der Waals surface area contributed by atoms with E-state index >= 15 is 0 Å². The third-order valence-corrected chi connectivity index (χ3v) is 4.42. The van der Waals surface area contributed by atoms with Gasteiger partial charge in [0.25, 0.3) is 0 Å². The molecule has 1 amide bonds. The van der Waals surface area contributed by atoms with Gasteiger partial charge in [-0.2, -0.15) is 8.42 Å². The van der Waals surface area contributed by atoms with E-state index in [0.29, 0.717) is 5.76 Å². The minimum Gasteiger partial charge on any atom is -0.459 e. The van der Waals surface area contributed by atoms with Crippen molar-refractivity contribution in [3.63, 3.8) is 0 Å². The summed E-state index contributed by atoms with van der Waals surface area (Å²) in [4.78, 5) is 13.4. The Hall–Kier alpha value is -1.89. The second-order valence-corrected chi connectivity index (χ2v) is 6.71. The summed E-state index contributed by atoms with van der Waals surface area (Å²) in [6.45, 7) is 0.509. The van der Waals surface area contributed by atoms with Crippen molar-refractivity contribution in [3.8, 4) is 0 Å². The predicted molar refractivity (Wildman–Crippen MR) is 74.6 cm³/mol. The number of hydrogen-bond donors (Lipinski definition) is 0. The maximum absolute atomic E-state index is 12.7. The normalized spacial score (nSPS) is 19.6. The number of para-hydroxylation sites is 1. The van der Waals surface area contributed by atoms with Crippen molar-refractivity contribution in [3.05, 3.63) is 36.1 Å². The summed E-state index contributed by atoms with van der Waals surface area (Å²) in [7, 11) is -4.55. The lowest BCUT2D eigenvalue weighted by Crippen LogP contribution is -2.25. The van der Waals surface area contributed by atoms with Gasteiger partial charge in [-0.25, -0.2) is 0 Å². The van der Waals surface area contributed by atoms with Crippen LogP contribution in [0.15, 0.2) is 34.7 Å². The van der Waals surface area contributed by atoms with E-state index < -0.39 is 21.9 Å². The van der Waals surface area contributed by atoms with Gasteiger partial charge in [-0.1, -0.05) is 18.2 Å². The molecule has 3 rings (SSSR count). The summed E-state index contributed by atoms with van der Waals surface area (Å²) in [5, 5.41) is 0.946. The molecule has 1 aliphatic rings. The maximum atomic E-state index is 12.7. The second-order valence-electron chi connectivity index (χ2n) is 5.30. The number of furan rings is 1. The summed E-state index contributed by atoms with van der Waals surface area (Å²) in [5.41, 5.74) is 0.738. The molecule has 0 spiro atoms. The molecule has 0 saturated carbocycles. The van der Waals surface area contributed by atoms with Crippen molar-refractivity contribution >= 4 is 27.1 Å². The Morgan fingerprint density at radius 3 is 2.81 bits per heavy atom. The molecule has 2 heterocycles. The number of fused-ring (bicyclic) bond motifs is 1. The molecule has 0 aliphatic carbocycles. The van der Waals surface area contributed by atoms with Crippen molar-refractivity contribution in [1.29, 1.82) is 0 Å². The highest BCUT2D eigenvalue weighted by Crippen LogP contribution is 2.25. The van der Waals surface area contributed by atoms with E-state index in [2.05, 4.69) is 0 Å². The first-order chi connectivity index (χ1) is 9.90. The van der Waals surface area contributed by atoms with Crippen LogP contribution in [0.25, 0.3) is 11.0 Å². The first-order valence-corrected chi connectivity index (χ1v) is 8.13. The molecule has 0 bridgehead atoms. The van der Waals surface area contributed by atoms with Crippen LogP contribution < -0.4 is 0 Å². The fraction of sp³-hybridized carbons (Fsp3) is 0.357. The molecule has 7 heteroatoms. The Kier molecular flexibility index (Phi) is 3.44. The molecular formula is C14H14FNO4S. The molecule has 112 valence electrons. The van der Waals surface area contributed by atoms with Crippen LogP contribution in [0.4, 0.5) is 3.89 Å². The van der Waals surface area contributed by atoms with Crippen LogP contribution in [-0.4, -0.2) is 31.5 Å². The Bertz CT molecular complexity index is 750. The highest BCUT2D eigenvalue weighted by Gasteiger charge is 2.33. The molecule has 0 radical (unpaired) electrons. The Morgan fingerprint density at radius 1 is 1.33 bits per heavy atom. The van der Waals surface area contributed by atoms with E-state index in [1.165, 1.54) is 4.90 Å². The molecule has 1 atom stereocenters. The van der Waals surface area contributed by atoms with Crippen LogP contribution in [0.5, 0.6) is 0 Å². The van der Waals surface area contributed by atoms with Crippen molar-refractivity contribution in [2.75, 3.05) is 12.3 Å². The third-order valence-electron chi connectivity index (χ3n) is 3.55. The molecule has 1 aromatic heterocycles. The van der Waals surface area contributed by atoms with Gasteiger partial charge < -0.3 is 9.32 Å². The lowest BCUT2D eigenvalue weighted by Gasteiger charge is -2.14. The van der Waals surface area contributed by atoms with Gasteiger partial charge in [0, 0.05) is 24.3 Å². The topological polar surface area (TPSA) is 67.6 Å². The number of hydrogen-bond acceptors (Lipinski definition) is 4. The highest BCUT2D eigenvalue weighted by molar-refractivity contribution is 7.86. The second kappa shape index (κ2) is 5.14. The lowest BCUT2D eigenvalue weighted by molar-refractivity contribution is -0.128. The zero-order chi connectivity index (χ0) is 15.0. The molecule has 21 heavy (non-hydrogen) atoms. The van der Waals surface area contributed by atoms with Crippen LogP contribution in [0.1, 0.15) is 12.2 Å². The first kappa shape index (κ1) is 14.1. The number of benzene rings is 1. The number of amides is 1. The smallest absolute Gasteiger partial charge is 0.302 e. The zero-order valence-corrected chi connectivity index (χ0v) is 12.0. The molecule has 0 N–H and O–H groups in total. The van der Waals surface area contributed by atoms with Crippen LogP contribution in [0.2, 0.25) is 0 Å². The van der Waals surface area contributed by atoms with Gasteiger partial charge in [-0.05, 0) is 12.1 Å². The number of carbonyl (C=O) groups is 1. The van der Waals surface area contributed by atoms with Crippen LogP contribution in [-0.2, 0) is 21.6 Å². The van der Waals surface area contributed by atoms with E-state index in [4.69, 9.17) is 4.42 Å². The number of likely N-dealkylation sites (tertiary alicyclic amines) is 1. The summed E-state index contributed by atoms with van der Waals surface area (Å²) in [6, 6.07) is 9.35. The number of carbonyl (C=O) groups excluding carboxylic acids is 1. The van der Waals surface area contributed by atoms with E-state index in [9.17, 15) is 17.1 Å². The van der Waals surface area contributed by atoms with Crippen LogP contribution >= 0.6 is 0 Å². The van der Waals surface area contributed by atoms with Crippen molar-refractivity contribution in [2.24, 2.45) is 5.92 Å². The van der Waals surface area contributed by atoms with Crippen molar-refractivity contribution < 1.29 is 21.5 Å². The summed E-state index contributed by atoms with van der Waals surface area (Å²) in [5.74, 6) is -0.635. The van der Waals surface area contributed by atoms with Crippen molar-refractivity contribution in [1.82, 2.24) is 4.90 Å². The molecule has 1 unspecified atom stereocenters. The summed E-state index contributed by atoms with van der Waals surface area (Å²) in [6.07, 6.45) is 0.0589. The fourth-order valence-electron chi connectivity index (χ4n) is 2.70. The minimum absolute atomic E-state index is 0.0589. The number of halogens is 1. The van der Waals surface area contributed by atoms with Gasteiger partial charge in [-0.3, -0.25) is 4.79 Å². The standard InChI is InChI=1S/C14H14FNO4S/c15-21(18,19)9-10-5-14(17)16(7-10)8-12-6-11-3-1-2-4-13(11)20-12/h1-4,6,10H,5,7-9H2. The molecule has 1 saturated heterocycles. The van der Waals surface area contributed by atoms with Gasteiger partial charge >= 0.3 is 10.2 Å². The van der Waals surface area contributed by atoms with Gasteiger partial charge in [0.2, 0.25) is 5.91 Å². The molecular weight excluding hydrogens is 297 g/mol. The maximum Gasteiger partial charge on any atom is 0.302 e. The quantitative estimate of drug-likeness (QED) is 0.811.